The van der Waals surface area contributed by atoms with E-state index in [1.54, 1.807) is 24.3 Å². The molecule has 36 heavy (non-hydrogen) atoms. The molecule has 0 aliphatic carbocycles. The fourth-order valence-corrected chi connectivity index (χ4v) is 5.88. The molecule has 10 nitrogen and oxygen atoms in total. The Morgan fingerprint density at radius 2 is 1.58 bits per heavy atom. The second-order valence-electron chi connectivity index (χ2n) is 8.95. The Morgan fingerprint density at radius 3 is 2.22 bits per heavy atom. The number of anilines is 1. The minimum Gasteiger partial charge on any atom is -0.369 e. The predicted molar refractivity (Wildman–Crippen MR) is 139 cm³/mol. The van der Waals surface area contributed by atoms with Crippen LogP contribution in [0.5, 0.6) is 0 Å². The molecule has 2 aromatic carbocycles. The van der Waals surface area contributed by atoms with E-state index in [4.69, 9.17) is 0 Å². The van der Waals surface area contributed by atoms with Crippen LogP contribution < -0.4 is 16.1 Å². The highest BCUT2D eigenvalue weighted by molar-refractivity contribution is 7.89. The van der Waals surface area contributed by atoms with Gasteiger partial charge in [-0.3, -0.25) is 14.3 Å². The van der Waals surface area contributed by atoms with Crippen LogP contribution >= 0.6 is 0 Å². The van der Waals surface area contributed by atoms with Gasteiger partial charge in [-0.1, -0.05) is 24.6 Å². The molecule has 1 aliphatic heterocycles. The Balaban J connectivity index is 1.34. The molecule has 0 amide bonds. The summed E-state index contributed by atoms with van der Waals surface area (Å²) in [7, 11) is -3.65. The van der Waals surface area contributed by atoms with Gasteiger partial charge in [0.15, 0.2) is 5.65 Å². The number of nitrogens with zero attached hydrogens (tertiary/aromatic N) is 4. The summed E-state index contributed by atoms with van der Waals surface area (Å²) in [5.74, 6) is 0.377. The molecule has 0 spiro atoms. The van der Waals surface area contributed by atoms with E-state index in [0.717, 1.165) is 10.3 Å². The van der Waals surface area contributed by atoms with Crippen molar-refractivity contribution >= 4 is 26.9 Å². The van der Waals surface area contributed by atoms with Crippen LogP contribution in [0.2, 0.25) is 0 Å². The number of sulfonamides is 1. The van der Waals surface area contributed by atoms with Crippen molar-refractivity contribution in [2.75, 3.05) is 31.1 Å². The zero-order chi connectivity index (χ0) is 25.4. The summed E-state index contributed by atoms with van der Waals surface area (Å²) in [6.45, 7) is 6.27. The van der Waals surface area contributed by atoms with Crippen LogP contribution in [0.4, 0.5) is 5.69 Å². The molecule has 5 rings (SSSR count). The quantitative estimate of drug-likeness (QED) is 0.412. The van der Waals surface area contributed by atoms with Crippen LogP contribution in [0.15, 0.2) is 63.0 Å². The SMILES string of the molecule is CCCn1c(=O)[nH]c2nc(-c3ccc(S(=O)(=O)N4CCN(c5ccc(C)cc5)CC4)cc3)[nH]c2c1=O. The van der Waals surface area contributed by atoms with Gasteiger partial charge in [0.2, 0.25) is 10.0 Å². The molecule has 0 bridgehead atoms. The number of hydrogen-bond donors (Lipinski definition) is 2. The molecule has 2 N–H and O–H groups in total. The number of nitrogens with one attached hydrogen (secondary N) is 2. The highest BCUT2D eigenvalue weighted by Gasteiger charge is 2.28. The number of benzene rings is 2. The predicted octanol–water partition coefficient (Wildman–Crippen LogP) is 2.31. The van der Waals surface area contributed by atoms with E-state index in [1.807, 2.05) is 13.8 Å². The summed E-state index contributed by atoms with van der Waals surface area (Å²) in [6.07, 6.45) is 0.645. The molecule has 0 unspecified atom stereocenters. The Kier molecular flexibility index (Phi) is 6.27. The first-order valence-corrected chi connectivity index (χ1v) is 13.4. The number of aromatic nitrogens is 4. The van der Waals surface area contributed by atoms with Crippen LogP contribution in [-0.4, -0.2) is 58.4 Å². The van der Waals surface area contributed by atoms with Crippen molar-refractivity contribution in [2.24, 2.45) is 0 Å². The third kappa shape index (κ3) is 4.35. The average molecular weight is 509 g/mol. The lowest BCUT2D eigenvalue weighted by Crippen LogP contribution is -2.48. The van der Waals surface area contributed by atoms with Gasteiger partial charge in [0.05, 0.1) is 4.90 Å². The largest absolute Gasteiger partial charge is 0.369 e. The minimum atomic E-state index is -3.65. The molecule has 0 atom stereocenters. The molecular weight excluding hydrogens is 480 g/mol. The molecule has 11 heteroatoms. The van der Waals surface area contributed by atoms with Gasteiger partial charge in [-0.05, 0) is 49.7 Å². The van der Waals surface area contributed by atoms with E-state index in [-0.39, 0.29) is 16.1 Å². The summed E-state index contributed by atoms with van der Waals surface area (Å²) < 4.78 is 29.1. The number of imidazole rings is 1. The van der Waals surface area contributed by atoms with Crippen molar-refractivity contribution in [3.05, 3.63) is 74.9 Å². The second kappa shape index (κ2) is 9.40. The maximum Gasteiger partial charge on any atom is 0.330 e. The fourth-order valence-electron chi connectivity index (χ4n) is 4.45. The summed E-state index contributed by atoms with van der Waals surface area (Å²) in [4.78, 5) is 37.2. The van der Waals surface area contributed by atoms with E-state index >= 15 is 0 Å². The van der Waals surface area contributed by atoms with Gasteiger partial charge in [0.25, 0.3) is 5.56 Å². The topological polar surface area (TPSA) is 124 Å². The fraction of sp³-hybridized carbons (Fsp3) is 0.320. The van der Waals surface area contributed by atoms with Gasteiger partial charge in [-0.15, -0.1) is 0 Å². The maximum absolute atomic E-state index is 13.2. The van der Waals surface area contributed by atoms with Gasteiger partial charge in [0, 0.05) is 44.0 Å². The number of H-pyrrole nitrogens is 2. The Hall–Kier alpha value is -3.70. The first kappa shape index (κ1) is 24.0. The number of fused-ring (bicyclic) bond motifs is 1. The Bertz CT molecular complexity index is 1610. The smallest absolute Gasteiger partial charge is 0.330 e. The van der Waals surface area contributed by atoms with Crippen molar-refractivity contribution in [1.82, 2.24) is 23.8 Å². The number of piperazine rings is 1. The van der Waals surface area contributed by atoms with Gasteiger partial charge in [0.1, 0.15) is 11.3 Å². The Labute approximate surface area is 208 Å². The van der Waals surface area contributed by atoms with Crippen LogP contribution in [0.1, 0.15) is 18.9 Å². The second-order valence-corrected chi connectivity index (χ2v) is 10.9. The molecule has 1 fully saturated rings. The normalized spacial score (nSPS) is 15.0. The van der Waals surface area contributed by atoms with Gasteiger partial charge in [-0.2, -0.15) is 4.31 Å². The molecule has 2 aromatic heterocycles. The Morgan fingerprint density at radius 1 is 0.917 bits per heavy atom. The van der Waals surface area contributed by atoms with E-state index < -0.39 is 21.3 Å². The van der Waals surface area contributed by atoms with Crippen molar-refractivity contribution in [3.63, 3.8) is 0 Å². The van der Waals surface area contributed by atoms with Crippen molar-refractivity contribution in [3.8, 4) is 11.4 Å². The van der Waals surface area contributed by atoms with Crippen molar-refractivity contribution in [1.29, 1.82) is 0 Å². The maximum atomic E-state index is 13.2. The molecule has 188 valence electrons. The molecular formula is C25H28N6O4S. The summed E-state index contributed by atoms with van der Waals surface area (Å²) >= 11 is 0. The molecule has 0 saturated carbocycles. The van der Waals surface area contributed by atoms with Crippen LogP contribution in [0.3, 0.4) is 0 Å². The van der Waals surface area contributed by atoms with E-state index in [9.17, 15) is 18.0 Å². The zero-order valence-corrected chi connectivity index (χ0v) is 21.0. The van der Waals surface area contributed by atoms with Gasteiger partial charge >= 0.3 is 5.69 Å². The number of hydrogen-bond acceptors (Lipinski definition) is 6. The first-order valence-electron chi connectivity index (χ1n) is 11.9. The van der Waals surface area contributed by atoms with Crippen molar-refractivity contribution in [2.45, 2.75) is 31.7 Å². The molecule has 4 aromatic rings. The van der Waals surface area contributed by atoms with Gasteiger partial charge in [-0.25, -0.2) is 18.2 Å². The van der Waals surface area contributed by atoms with Crippen LogP contribution in [-0.2, 0) is 16.6 Å². The molecule has 3 heterocycles. The van der Waals surface area contributed by atoms with E-state index in [2.05, 4.69) is 44.1 Å². The zero-order valence-electron chi connectivity index (χ0n) is 20.2. The molecule has 0 radical (unpaired) electrons. The lowest BCUT2D eigenvalue weighted by molar-refractivity contribution is 0.385. The third-order valence-corrected chi connectivity index (χ3v) is 8.40. The summed E-state index contributed by atoms with van der Waals surface area (Å²) in [6, 6.07) is 14.6. The van der Waals surface area contributed by atoms with Crippen molar-refractivity contribution < 1.29 is 8.42 Å². The van der Waals surface area contributed by atoms with Crippen LogP contribution in [0, 0.1) is 6.92 Å². The first-order chi connectivity index (χ1) is 17.3. The number of rotatable bonds is 6. The average Bonchev–Trinajstić information content (AvgIpc) is 3.31. The lowest BCUT2D eigenvalue weighted by atomic mass is 10.2. The third-order valence-electron chi connectivity index (χ3n) is 6.48. The number of aryl methyl sites for hydroxylation is 1. The molecule has 1 aliphatic rings. The van der Waals surface area contributed by atoms with E-state index in [1.165, 1.54) is 9.87 Å². The van der Waals surface area contributed by atoms with Gasteiger partial charge < -0.3 is 9.88 Å². The minimum absolute atomic E-state index is 0.176. The molecule has 1 saturated heterocycles. The van der Waals surface area contributed by atoms with E-state index in [0.29, 0.717) is 50.5 Å². The highest BCUT2D eigenvalue weighted by Crippen LogP contribution is 2.24. The highest BCUT2D eigenvalue weighted by atomic mass is 32.2. The standard InChI is InChI=1S/C25H28N6O4S/c1-3-12-31-24(32)21-23(28-25(31)33)27-22(26-21)18-6-10-20(11-7-18)36(34,35)30-15-13-29(14-16-30)19-8-4-17(2)5-9-19/h4-11H,3,12-16H2,1-2H3,(H,26,27)(H,28,33). The van der Waals surface area contributed by atoms with Crippen LogP contribution in [0.25, 0.3) is 22.6 Å². The number of aromatic amines is 2. The summed E-state index contributed by atoms with van der Waals surface area (Å²) in [5, 5.41) is 0. The summed E-state index contributed by atoms with van der Waals surface area (Å²) in [5.41, 5.74) is 2.34. The lowest BCUT2D eigenvalue weighted by Gasteiger charge is -2.35. The monoisotopic (exact) mass is 508 g/mol.